The van der Waals surface area contributed by atoms with Crippen molar-refractivity contribution in [3.8, 4) is 0 Å². The second kappa shape index (κ2) is 8.26. The molecule has 2 aliphatic rings. The van der Waals surface area contributed by atoms with Crippen molar-refractivity contribution in [3.05, 3.63) is 0 Å². The zero-order valence-corrected chi connectivity index (χ0v) is 19.4. The molecule has 2 fully saturated rings. The molecule has 25 heavy (non-hydrogen) atoms. The van der Waals surface area contributed by atoms with Crippen molar-refractivity contribution in [2.24, 2.45) is 5.41 Å². The Balaban J connectivity index is 1.91. The SMILES string of the molecule is CN(C)C(=S)NP1(=S)OCC2(CO1)COP(=S)(NC(=S)N(C)C)OC2. The minimum atomic E-state index is -2.65. The maximum Gasteiger partial charge on any atom is 0.289 e. The van der Waals surface area contributed by atoms with Gasteiger partial charge in [-0.25, -0.2) is 0 Å². The molecular formula is C11H22N4O4P2S4. The normalized spacial score (nSPS) is 35.0. The molecule has 0 saturated carbocycles. The molecule has 2 N–H and O–H groups in total. The second-order valence-corrected chi connectivity index (χ2v) is 13.3. The van der Waals surface area contributed by atoms with Gasteiger partial charge in [0.1, 0.15) is 0 Å². The molecule has 2 heterocycles. The largest absolute Gasteiger partial charge is 0.355 e. The molecule has 0 aromatic rings. The van der Waals surface area contributed by atoms with Gasteiger partial charge in [0.05, 0.1) is 31.8 Å². The third-order valence-corrected chi connectivity index (χ3v) is 9.34. The lowest BCUT2D eigenvalue weighted by molar-refractivity contribution is -0.0561. The standard InChI is InChI=1S/C11H22N4O4P2S4/c1-14(2)9(22)12-20(24)16-5-11(6-17-20)7-18-21(25,19-8-11)13-10(23)15(3)4/h5-8H2,1-4H3,(H,12,22,24)(H,13,23,25). The van der Waals surface area contributed by atoms with Crippen LogP contribution < -0.4 is 10.2 Å². The number of hydrogen-bond acceptors (Lipinski definition) is 8. The van der Waals surface area contributed by atoms with Crippen LogP contribution in [0.15, 0.2) is 0 Å². The average molecular weight is 465 g/mol. The van der Waals surface area contributed by atoms with Crippen LogP contribution in [0.1, 0.15) is 0 Å². The summed E-state index contributed by atoms with van der Waals surface area (Å²) < 4.78 is 23.2. The average Bonchev–Trinajstić information content (AvgIpc) is 2.53. The molecule has 0 aromatic heterocycles. The van der Waals surface area contributed by atoms with Crippen LogP contribution >= 0.6 is 37.7 Å². The van der Waals surface area contributed by atoms with Crippen molar-refractivity contribution in [1.82, 2.24) is 20.0 Å². The van der Waals surface area contributed by atoms with Crippen molar-refractivity contribution < 1.29 is 18.1 Å². The maximum absolute atomic E-state index is 5.81. The van der Waals surface area contributed by atoms with Crippen LogP contribution in [-0.2, 0) is 41.7 Å². The van der Waals surface area contributed by atoms with Gasteiger partial charge in [-0.1, -0.05) is 0 Å². The van der Waals surface area contributed by atoms with E-state index in [0.29, 0.717) is 36.7 Å². The summed E-state index contributed by atoms with van der Waals surface area (Å²) in [5.41, 5.74) is -0.437. The number of nitrogens with one attached hydrogen (secondary N) is 2. The number of rotatable bonds is 2. The van der Waals surface area contributed by atoms with Gasteiger partial charge >= 0.3 is 0 Å². The summed E-state index contributed by atoms with van der Waals surface area (Å²) in [6.07, 6.45) is 0. The molecule has 2 aliphatic heterocycles. The second-order valence-electron chi connectivity index (χ2n) is 6.21. The minimum absolute atomic E-state index is 0.348. The van der Waals surface area contributed by atoms with Gasteiger partial charge in [0, 0.05) is 28.2 Å². The van der Waals surface area contributed by atoms with Crippen LogP contribution in [0, 0.1) is 5.41 Å². The minimum Gasteiger partial charge on any atom is -0.355 e. The first-order valence-electron chi connectivity index (χ1n) is 7.26. The summed E-state index contributed by atoms with van der Waals surface area (Å²) in [6, 6.07) is 0. The monoisotopic (exact) mass is 464 g/mol. The van der Waals surface area contributed by atoms with Gasteiger partial charge < -0.3 is 27.9 Å². The van der Waals surface area contributed by atoms with E-state index in [2.05, 4.69) is 10.2 Å². The molecule has 1 spiro atoms. The number of thiocarbonyl (C=S) groups is 2. The highest BCUT2D eigenvalue weighted by atomic mass is 32.5. The van der Waals surface area contributed by atoms with E-state index in [-0.39, 0.29) is 0 Å². The first kappa shape index (κ1) is 21.8. The highest BCUT2D eigenvalue weighted by molar-refractivity contribution is 8.10. The van der Waals surface area contributed by atoms with E-state index in [4.69, 9.17) is 66.1 Å². The van der Waals surface area contributed by atoms with Crippen molar-refractivity contribution >= 4 is 71.6 Å². The van der Waals surface area contributed by atoms with Crippen molar-refractivity contribution in [2.75, 3.05) is 54.6 Å². The Bertz CT molecular complexity index is 566. The third kappa shape index (κ3) is 5.75. The van der Waals surface area contributed by atoms with E-state index in [1.807, 2.05) is 28.2 Å². The topological polar surface area (TPSA) is 67.5 Å². The lowest BCUT2D eigenvalue weighted by atomic mass is 9.93. The lowest BCUT2D eigenvalue weighted by Crippen LogP contribution is -2.49. The molecule has 2 rings (SSSR count). The summed E-state index contributed by atoms with van der Waals surface area (Å²) >= 11 is 21.3. The van der Waals surface area contributed by atoms with Crippen LogP contribution in [-0.4, -0.2) is 74.6 Å². The molecule has 0 atom stereocenters. The van der Waals surface area contributed by atoms with Gasteiger partial charge in [-0.05, 0) is 48.0 Å². The van der Waals surface area contributed by atoms with Crippen LogP contribution in [0.5, 0.6) is 0 Å². The van der Waals surface area contributed by atoms with Gasteiger partial charge in [0.2, 0.25) is 0 Å². The fourth-order valence-electron chi connectivity index (χ4n) is 1.78. The lowest BCUT2D eigenvalue weighted by Gasteiger charge is -2.45. The van der Waals surface area contributed by atoms with Crippen LogP contribution in [0.4, 0.5) is 0 Å². The molecule has 0 radical (unpaired) electrons. The first-order chi connectivity index (χ1) is 11.5. The molecule has 14 heteroatoms. The number of nitrogens with zero attached hydrogens (tertiary/aromatic N) is 2. The highest BCUT2D eigenvalue weighted by Gasteiger charge is 2.46. The zero-order chi connectivity index (χ0) is 18.9. The molecule has 144 valence electrons. The molecule has 0 amide bonds. The predicted molar refractivity (Wildman–Crippen MR) is 114 cm³/mol. The Hall–Kier alpha value is 0.520. The van der Waals surface area contributed by atoms with Crippen molar-refractivity contribution in [2.45, 2.75) is 0 Å². The van der Waals surface area contributed by atoms with E-state index in [1.54, 1.807) is 9.80 Å². The Kier molecular flexibility index (Phi) is 7.21. The summed E-state index contributed by atoms with van der Waals surface area (Å²) in [6.45, 7) is -3.92. The number of hydrogen-bond donors (Lipinski definition) is 2. The summed E-state index contributed by atoms with van der Waals surface area (Å²) in [4.78, 5) is 3.48. The Morgan fingerprint density at radius 2 is 1.04 bits per heavy atom. The van der Waals surface area contributed by atoms with E-state index in [1.165, 1.54) is 0 Å². The zero-order valence-electron chi connectivity index (χ0n) is 14.4. The molecule has 2 saturated heterocycles. The third-order valence-electron chi connectivity index (χ3n) is 3.44. The van der Waals surface area contributed by atoms with Gasteiger partial charge in [-0.3, -0.25) is 10.2 Å². The smallest absolute Gasteiger partial charge is 0.289 e. The Labute approximate surface area is 169 Å². The van der Waals surface area contributed by atoms with Gasteiger partial charge in [-0.15, -0.1) is 0 Å². The van der Waals surface area contributed by atoms with E-state index < -0.39 is 18.7 Å². The molecular weight excluding hydrogens is 442 g/mol. The highest BCUT2D eigenvalue weighted by Crippen LogP contribution is 2.56. The molecule has 0 aliphatic carbocycles. The van der Waals surface area contributed by atoms with Gasteiger partial charge in [0.25, 0.3) is 13.3 Å². The Morgan fingerprint density at radius 3 is 1.28 bits per heavy atom. The maximum atomic E-state index is 5.81. The van der Waals surface area contributed by atoms with Crippen molar-refractivity contribution in [1.29, 1.82) is 0 Å². The molecule has 0 aromatic carbocycles. The fourth-order valence-corrected chi connectivity index (χ4v) is 7.05. The summed E-state index contributed by atoms with van der Waals surface area (Å²) in [5, 5.41) is 6.92. The van der Waals surface area contributed by atoms with Gasteiger partial charge in [-0.2, -0.15) is 0 Å². The first-order valence-corrected chi connectivity index (χ1v) is 13.3. The molecule has 0 unspecified atom stereocenters. The Morgan fingerprint density at radius 1 is 0.760 bits per heavy atom. The predicted octanol–water partition coefficient (Wildman–Crippen LogP) is 1.39. The van der Waals surface area contributed by atoms with E-state index in [9.17, 15) is 0 Å². The summed E-state index contributed by atoms with van der Waals surface area (Å²) in [5.74, 6) is 0. The molecule has 8 nitrogen and oxygen atoms in total. The van der Waals surface area contributed by atoms with Crippen LogP contribution in [0.25, 0.3) is 0 Å². The van der Waals surface area contributed by atoms with Crippen LogP contribution in [0.3, 0.4) is 0 Å². The fraction of sp³-hybridized carbons (Fsp3) is 0.818. The van der Waals surface area contributed by atoms with E-state index >= 15 is 0 Å². The van der Waals surface area contributed by atoms with Crippen molar-refractivity contribution in [3.63, 3.8) is 0 Å². The van der Waals surface area contributed by atoms with E-state index in [0.717, 1.165) is 0 Å². The van der Waals surface area contributed by atoms with Crippen LogP contribution in [0.2, 0.25) is 0 Å². The quantitative estimate of drug-likeness (QED) is 0.459. The molecule has 0 bridgehead atoms. The summed E-state index contributed by atoms with van der Waals surface area (Å²) in [7, 11) is 7.29. The van der Waals surface area contributed by atoms with Gasteiger partial charge in [0.15, 0.2) is 10.2 Å².